The van der Waals surface area contributed by atoms with E-state index in [-0.39, 0.29) is 12.1 Å². The van der Waals surface area contributed by atoms with Gasteiger partial charge in [-0.1, -0.05) is 25.6 Å². The first-order valence-corrected chi connectivity index (χ1v) is 6.24. The molecule has 0 saturated carbocycles. The standard InChI is InChI=1S/C11H15N3OS/c1-4-9-8(3)13-11(16-5-2)14(7-6-12)10(9)15/h4-5,7H2,1-3H3. The molecule has 0 saturated heterocycles. The van der Waals surface area contributed by atoms with E-state index in [1.807, 2.05) is 26.8 Å². The van der Waals surface area contributed by atoms with Crippen LogP contribution in [0.3, 0.4) is 0 Å². The van der Waals surface area contributed by atoms with Crippen molar-refractivity contribution in [1.29, 1.82) is 5.26 Å². The summed E-state index contributed by atoms with van der Waals surface area (Å²) in [5.74, 6) is 0.836. The van der Waals surface area contributed by atoms with E-state index in [9.17, 15) is 4.79 Å². The summed E-state index contributed by atoms with van der Waals surface area (Å²) in [6, 6.07) is 2.00. The molecule has 0 fully saturated rings. The van der Waals surface area contributed by atoms with Gasteiger partial charge in [-0.2, -0.15) is 5.26 Å². The minimum absolute atomic E-state index is 0.0709. The number of hydrogen-bond donors (Lipinski definition) is 0. The van der Waals surface area contributed by atoms with Gasteiger partial charge in [-0.15, -0.1) is 0 Å². The SMILES string of the molecule is CCSc1nc(C)c(CC)c(=O)n1CC#N. The highest BCUT2D eigenvalue weighted by molar-refractivity contribution is 7.99. The molecule has 0 aliphatic rings. The minimum Gasteiger partial charge on any atom is -0.273 e. The van der Waals surface area contributed by atoms with Gasteiger partial charge in [-0.25, -0.2) is 4.98 Å². The lowest BCUT2D eigenvalue weighted by molar-refractivity contribution is 0.642. The molecule has 0 bridgehead atoms. The highest BCUT2D eigenvalue weighted by Gasteiger charge is 2.12. The molecule has 4 nitrogen and oxygen atoms in total. The molecule has 0 aliphatic heterocycles. The summed E-state index contributed by atoms with van der Waals surface area (Å²) in [5.41, 5.74) is 1.40. The maximum atomic E-state index is 12.1. The van der Waals surface area contributed by atoms with E-state index < -0.39 is 0 Å². The summed E-state index contributed by atoms with van der Waals surface area (Å²) in [6.07, 6.45) is 0.653. The largest absolute Gasteiger partial charge is 0.273 e. The Kier molecular flexibility index (Phi) is 4.56. The van der Waals surface area contributed by atoms with Crippen molar-refractivity contribution in [1.82, 2.24) is 9.55 Å². The fourth-order valence-electron chi connectivity index (χ4n) is 1.53. The van der Waals surface area contributed by atoms with Gasteiger partial charge in [0.1, 0.15) is 6.54 Å². The van der Waals surface area contributed by atoms with Crippen LogP contribution >= 0.6 is 11.8 Å². The molecule has 0 amide bonds. The molecular weight excluding hydrogens is 222 g/mol. The van der Waals surface area contributed by atoms with E-state index in [1.54, 1.807) is 0 Å². The van der Waals surface area contributed by atoms with Crippen LogP contribution in [0, 0.1) is 18.3 Å². The van der Waals surface area contributed by atoms with Crippen molar-refractivity contribution in [2.75, 3.05) is 5.75 Å². The van der Waals surface area contributed by atoms with E-state index in [0.29, 0.717) is 17.1 Å². The van der Waals surface area contributed by atoms with E-state index in [4.69, 9.17) is 5.26 Å². The molecule has 0 unspecified atom stereocenters. The molecule has 1 rings (SSSR count). The van der Waals surface area contributed by atoms with Crippen molar-refractivity contribution in [3.63, 3.8) is 0 Å². The number of aromatic nitrogens is 2. The zero-order chi connectivity index (χ0) is 12.1. The number of hydrogen-bond acceptors (Lipinski definition) is 4. The molecule has 1 aromatic rings. The maximum absolute atomic E-state index is 12.1. The van der Waals surface area contributed by atoms with Crippen LogP contribution in [-0.4, -0.2) is 15.3 Å². The molecule has 16 heavy (non-hydrogen) atoms. The molecule has 1 heterocycles. The van der Waals surface area contributed by atoms with E-state index in [1.165, 1.54) is 16.3 Å². The zero-order valence-corrected chi connectivity index (χ0v) is 10.6. The van der Waals surface area contributed by atoms with E-state index in [0.717, 1.165) is 11.4 Å². The molecule has 1 aromatic heterocycles. The Morgan fingerprint density at radius 1 is 1.50 bits per heavy atom. The van der Waals surface area contributed by atoms with Crippen LogP contribution in [0.25, 0.3) is 0 Å². The average molecular weight is 237 g/mol. The summed E-state index contributed by atoms with van der Waals surface area (Å²) < 4.78 is 1.46. The Balaban J connectivity index is 3.41. The average Bonchev–Trinajstić information content (AvgIpc) is 2.24. The quantitative estimate of drug-likeness (QED) is 0.591. The van der Waals surface area contributed by atoms with Crippen LogP contribution in [0.1, 0.15) is 25.1 Å². The molecule has 0 radical (unpaired) electrons. The summed E-state index contributed by atoms with van der Waals surface area (Å²) >= 11 is 1.49. The molecule has 0 N–H and O–H groups in total. The smallest absolute Gasteiger partial charge is 0.258 e. The van der Waals surface area contributed by atoms with Crippen LogP contribution in [0.4, 0.5) is 0 Å². The first-order chi connectivity index (χ1) is 7.65. The number of thioether (sulfide) groups is 1. The third-order valence-corrected chi connectivity index (χ3v) is 3.15. The summed E-state index contributed by atoms with van der Waals surface area (Å²) in [7, 11) is 0. The molecule has 0 spiro atoms. The van der Waals surface area contributed by atoms with Crippen molar-refractivity contribution in [2.45, 2.75) is 38.9 Å². The fraction of sp³-hybridized carbons (Fsp3) is 0.545. The Morgan fingerprint density at radius 2 is 2.19 bits per heavy atom. The van der Waals surface area contributed by atoms with Crippen molar-refractivity contribution in [2.24, 2.45) is 0 Å². The minimum atomic E-state index is -0.0764. The first kappa shape index (κ1) is 12.8. The van der Waals surface area contributed by atoms with Crippen LogP contribution < -0.4 is 5.56 Å². The topological polar surface area (TPSA) is 58.7 Å². The third-order valence-electron chi connectivity index (χ3n) is 2.29. The Labute approximate surface area is 99.3 Å². The molecule has 0 atom stereocenters. The van der Waals surface area contributed by atoms with Gasteiger partial charge in [0.15, 0.2) is 5.16 Å². The van der Waals surface area contributed by atoms with Crippen molar-refractivity contribution >= 4 is 11.8 Å². The maximum Gasteiger partial charge on any atom is 0.258 e. The van der Waals surface area contributed by atoms with E-state index in [2.05, 4.69) is 4.98 Å². The van der Waals surface area contributed by atoms with Gasteiger partial charge in [-0.3, -0.25) is 9.36 Å². The predicted molar refractivity (Wildman–Crippen MR) is 64.6 cm³/mol. The molecule has 0 aromatic carbocycles. The molecular formula is C11H15N3OS. The Morgan fingerprint density at radius 3 is 2.69 bits per heavy atom. The normalized spacial score (nSPS) is 10.1. The van der Waals surface area contributed by atoms with Crippen LogP contribution in [0.2, 0.25) is 0 Å². The number of nitrogens with zero attached hydrogens (tertiary/aromatic N) is 3. The number of aryl methyl sites for hydroxylation is 1. The monoisotopic (exact) mass is 237 g/mol. The summed E-state index contributed by atoms with van der Waals surface area (Å²) in [5, 5.41) is 9.37. The van der Waals surface area contributed by atoms with Crippen LogP contribution in [-0.2, 0) is 13.0 Å². The van der Waals surface area contributed by atoms with Gasteiger partial charge in [0.25, 0.3) is 5.56 Å². The second kappa shape index (κ2) is 5.71. The molecule has 5 heteroatoms. The zero-order valence-electron chi connectivity index (χ0n) is 9.78. The predicted octanol–water partition coefficient (Wildman–Crippen LogP) is 1.75. The van der Waals surface area contributed by atoms with E-state index >= 15 is 0 Å². The van der Waals surface area contributed by atoms with Crippen LogP contribution in [0.5, 0.6) is 0 Å². The lowest BCUT2D eigenvalue weighted by Gasteiger charge is -2.11. The van der Waals surface area contributed by atoms with Crippen LogP contribution in [0.15, 0.2) is 9.95 Å². The van der Waals surface area contributed by atoms with Gasteiger partial charge < -0.3 is 0 Å². The van der Waals surface area contributed by atoms with Gasteiger partial charge in [0.05, 0.1) is 6.07 Å². The number of nitriles is 1. The van der Waals surface area contributed by atoms with Crippen molar-refractivity contribution < 1.29 is 0 Å². The lowest BCUT2D eigenvalue weighted by atomic mass is 10.2. The third kappa shape index (κ3) is 2.45. The van der Waals surface area contributed by atoms with Crippen molar-refractivity contribution in [3.8, 4) is 6.07 Å². The lowest BCUT2D eigenvalue weighted by Crippen LogP contribution is -2.27. The van der Waals surface area contributed by atoms with Gasteiger partial charge in [0.2, 0.25) is 0 Å². The summed E-state index contributed by atoms with van der Waals surface area (Å²) in [6.45, 7) is 5.84. The second-order valence-corrected chi connectivity index (χ2v) is 4.53. The molecule has 0 aliphatic carbocycles. The Hall–Kier alpha value is -1.28. The molecule has 86 valence electrons. The second-order valence-electron chi connectivity index (χ2n) is 3.29. The van der Waals surface area contributed by atoms with Gasteiger partial charge in [-0.05, 0) is 19.1 Å². The van der Waals surface area contributed by atoms with Gasteiger partial charge in [0, 0.05) is 11.3 Å². The fourth-order valence-corrected chi connectivity index (χ4v) is 2.30. The summed E-state index contributed by atoms with van der Waals surface area (Å²) in [4.78, 5) is 16.5. The van der Waals surface area contributed by atoms with Crippen molar-refractivity contribution in [3.05, 3.63) is 21.6 Å². The van der Waals surface area contributed by atoms with Gasteiger partial charge >= 0.3 is 0 Å². The highest BCUT2D eigenvalue weighted by atomic mass is 32.2. The Bertz CT molecular complexity index is 473. The number of rotatable bonds is 4. The highest BCUT2D eigenvalue weighted by Crippen LogP contribution is 2.15. The first-order valence-electron chi connectivity index (χ1n) is 5.25.